The minimum Gasteiger partial charge on any atom is -0.396 e. The molecule has 0 aliphatic rings. The van der Waals surface area contributed by atoms with Crippen molar-refractivity contribution in [1.82, 2.24) is 0 Å². The molecule has 0 bridgehead atoms. The standard InChI is InChI=1S/C6H14O3/c1-5(9)2-6(3-7)4-8/h5-9H,2-4H2,1H3/t5-/m0/s1. The Labute approximate surface area is 54.9 Å². The van der Waals surface area contributed by atoms with Gasteiger partial charge in [0.15, 0.2) is 0 Å². The summed E-state index contributed by atoms with van der Waals surface area (Å²) in [7, 11) is 0. The minimum atomic E-state index is -0.436. The first-order chi connectivity index (χ1) is 4.20. The molecule has 0 aromatic rings. The lowest BCUT2D eigenvalue weighted by Crippen LogP contribution is -2.16. The molecule has 0 saturated carbocycles. The van der Waals surface area contributed by atoms with Crippen molar-refractivity contribution in [3.8, 4) is 0 Å². The minimum absolute atomic E-state index is 0.0542. The summed E-state index contributed by atoms with van der Waals surface area (Å²) in [5.41, 5.74) is 0. The smallest absolute Gasteiger partial charge is 0.0516 e. The molecular weight excluding hydrogens is 120 g/mol. The average molecular weight is 134 g/mol. The first-order valence-electron chi connectivity index (χ1n) is 3.10. The Morgan fingerprint density at radius 2 is 1.67 bits per heavy atom. The number of aliphatic hydroxyl groups excluding tert-OH is 3. The van der Waals surface area contributed by atoms with Crippen LogP contribution in [-0.4, -0.2) is 34.6 Å². The largest absolute Gasteiger partial charge is 0.396 e. The van der Waals surface area contributed by atoms with E-state index in [0.717, 1.165) is 0 Å². The zero-order chi connectivity index (χ0) is 7.28. The zero-order valence-corrected chi connectivity index (χ0v) is 5.62. The van der Waals surface area contributed by atoms with E-state index in [1.807, 2.05) is 0 Å². The molecule has 0 amide bonds. The van der Waals surface area contributed by atoms with Gasteiger partial charge < -0.3 is 15.3 Å². The number of aliphatic hydroxyl groups is 3. The molecule has 0 aliphatic heterocycles. The van der Waals surface area contributed by atoms with Crippen LogP contribution in [0.5, 0.6) is 0 Å². The fourth-order valence-electron chi connectivity index (χ4n) is 0.689. The van der Waals surface area contributed by atoms with Crippen LogP contribution in [0, 0.1) is 5.92 Å². The zero-order valence-electron chi connectivity index (χ0n) is 5.62. The van der Waals surface area contributed by atoms with Crippen LogP contribution < -0.4 is 0 Å². The Bertz CT molecular complexity index is 59.3. The maximum Gasteiger partial charge on any atom is 0.0516 e. The van der Waals surface area contributed by atoms with Gasteiger partial charge in [-0.05, 0) is 13.3 Å². The summed E-state index contributed by atoms with van der Waals surface area (Å²) in [6.07, 6.45) is 0.0294. The van der Waals surface area contributed by atoms with E-state index in [2.05, 4.69) is 0 Å². The number of hydrogen-bond donors (Lipinski definition) is 3. The third kappa shape index (κ3) is 4.39. The number of rotatable bonds is 4. The Balaban J connectivity index is 3.31. The lowest BCUT2D eigenvalue weighted by atomic mass is 10.1. The van der Waals surface area contributed by atoms with Gasteiger partial charge in [-0.15, -0.1) is 0 Å². The van der Waals surface area contributed by atoms with Gasteiger partial charge in [0, 0.05) is 19.1 Å². The van der Waals surface area contributed by atoms with Crippen molar-refractivity contribution in [3.05, 3.63) is 0 Å². The van der Waals surface area contributed by atoms with Crippen LogP contribution in [0.4, 0.5) is 0 Å². The van der Waals surface area contributed by atoms with Gasteiger partial charge in [-0.1, -0.05) is 0 Å². The van der Waals surface area contributed by atoms with Crippen LogP contribution in [0.25, 0.3) is 0 Å². The lowest BCUT2D eigenvalue weighted by molar-refractivity contribution is 0.0917. The Morgan fingerprint density at radius 1 is 1.22 bits per heavy atom. The van der Waals surface area contributed by atoms with E-state index in [4.69, 9.17) is 15.3 Å². The highest BCUT2D eigenvalue weighted by molar-refractivity contribution is 4.58. The second kappa shape index (κ2) is 4.73. The molecule has 3 heteroatoms. The molecule has 0 aliphatic carbocycles. The van der Waals surface area contributed by atoms with Crippen molar-refractivity contribution in [1.29, 1.82) is 0 Å². The molecule has 0 spiro atoms. The van der Waals surface area contributed by atoms with Gasteiger partial charge in [-0.2, -0.15) is 0 Å². The normalized spacial score (nSPS) is 14.3. The van der Waals surface area contributed by atoms with Crippen LogP contribution in [0.1, 0.15) is 13.3 Å². The third-order valence-electron chi connectivity index (χ3n) is 1.19. The van der Waals surface area contributed by atoms with Crippen molar-refractivity contribution >= 4 is 0 Å². The Kier molecular flexibility index (Phi) is 4.67. The predicted octanol–water partition coefficient (Wildman–Crippen LogP) is -0.642. The SMILES string of the molecule is C[C@H](O)CC(CO)CO. The summed E-state index contributed by atoms with van der Waals surface area (Å²) in [5.74, 6) is -0.162. The molecule has 0 rings (SSSR count). The van der Waals surface area contributed by atoms with Crippen LogP contribution >= 0.6 is 0 Å². The fraction of sp³-hybridized carbons (Fsp3) is 1.00. The van der Waals surface area contributed by atoms with E-state index in [1.165, 1.54) is 0 Å². The molecule has 0 radical (unpaired) electrons. The fourth-order valence-corrected chi connectivity index (χ4v) is 0.689. The molecule has 0 fully saturated rings. The van der Waals surface area contributed by atoms with Gasteiger partial charge in [-0.3, -0.25) is 0 Å². The molecule has 0 saturated heterocycles. The van der Waals surface area contributed by atoms with Gasteiger partial charge in [-0.25, -0.2) is 0 Å². The van der Waals surface area contributed by atoms with Crippen LogP contribution in [0.2, 0.25) is 0 Å². The summed E-state index contributed by atoms with van der Waals surface area (Å²) in [6.45, 7) is 1.53. The van der Waals surface area contributed by atoms with Crippen LogP contribution in [-0.2, 0) is 0 Å². The van der Waals surface area contributed by atoms with E-state index >= 15 is 0 Å². The molecular formula is C6H14O3. The van der Waals surface area contributed by atoms with E-state index in [9.17, 15) is 0 Å². The monoisotopic (exact) mass is 134 g/mol. The second-order valence-corrected chi connectivity index (χ2v) is 2.32. The summed E-state index contributed by atoms with van der Waals surface area (Å²) in [5, 5.41) is 25.8. The highest BCUT2D eigenvalue weighted by atomic mass is 16.3. The van der Waals surface area contributed by atoms with Gasteiger partial charge in [0.2, 0.25) is 0 Å². The van der Waals surface area contributed by atoms with Crippen molar-refractivity contribution in [2.24, 2.45) is 5.92 Å². The summed E-state index contributed by atoms with van der Waals surface area (Å²) < 4.78 is 0. The topological polar surface area (TPSA) is 60.7 Å². The van der Waals surface area contributed by atoms with Gasteiger partial charge >= 0.3 is 0 Å². The van der Waals surface area contributed by atoms with Crippen molar-refractivity contribution < 1.29 is 15.3 Å². The first kappa shape index (κ1) is 8.88. The van der Waals surface area contributed by atoms with E-state index in [1.54, 1.807) is 6.92 Å². The third-order valence-corrected chi connectivity index (χ3v) is 1.19. The molecule has 9 heavy (non-hydrogen) atoms. The molecule has 0 aromatic heterocycles. The summed E-state index contributed by atoms with van der Waals surface area (Å²) in [4.78, 5) is 0. The Morgan fingerprint density at radius 3 is 1.78 bits per heavy atom. The average Bonchev–Trinajstić information content (AvgIpc) is 1.82. The molecule has 0 unspecified atom stereocenters. The lowest BCUT2D eigenvalue weighted by Gasteiger charge is -2.11. The second-order valence-electron chi connectivity index (χ2n) is 2.32. The van der Waals surface area contributed by atoms with E-state index < -0.39 is 6.10 Å². The molecule has 3 nitrogen and oxygen atoms in total. The molecule has 0 aromatic carbocycles. The maximum absolute atomic E-state index is 8.76. The quantitative estimate of drug-likeness (QED) is 0.479. The molecule has 1 atom stereocenters. The summed E-state index contributed by atoms with van der Waals surface area (Å²) in [6, 6.07) is 0. The van der Waals surface area contributed by atoms with Crippen molar-refractivity contribution in [3.63, 3.8) is 0 Å². The van der Waals surface area contributed by atoms with Gasteiger partial charge in [0.1, 0.15) is 0 Å². The molecule has 3 N–H and O–H groups in total. The Hall–Kier alpha value is -0.120. The highest BCUT2D eigenvalue weighted by Crippen LogP contribution is 2.03. The maximum atomic E-state index is 8.76. The predicted molar refractivity (Wildman–Crippen MR) is 34.0 cm³/mol. The highest BCUT2D eigenvalue weighted by Gasteiger charge is 2.07. The summed E-state index contributed by atoms with van der Waals surface area (Å²) >= 11 is 0. The molecule has 56 valence electrons. The van der Waals surface area contributed by atoms with Gasteiger partial charge in [0.05, 0.1) is 6.10 Å². The van der Waals surface area contributed by atoms with Gasteiger partial charge in [0.25, 0.3) is 0 Å². The van der Waals surface area contributed by atoms with Crippen molar-refractivity contribution in [2.75, 3.05) is 13.2 Å². The number of hydrogen-bond acceptors (Lipinski definition) is 3. The van der Waals surface area contributed by atoms with Crippen molar-refractivity contribution in [2.45, 2.75) is 19.4 Å². The molecule has 0 heterocycles. The first-order valence-corrected chi connectivity index (χ1v) is 3.10. The van der Waals surface area contributed by atoms with Crippen LogP contribution in [0.15, 0.2) is 0 Å². The van der Waals surface area contributed by atoms with E-state index in [-0.39, 0.29) is 19.1 Å². The van der Waals surface area contributed by atoms with E-state index in [0.29, 0.717) is 6.42 Å². The van der Waals surface area contributed by atoms with Crippen LogP contribution in [0.3, 0.4) is 0 Å².